The topological polar surface area (TPSA) is 75.7 Å². The second kappa shape index (κ2) is 7.42. The van der Waals surface area contributed by atoms with Crippen molar-refractivity contribution in [3.05, 3.63) is 59.7 Å². The van der Waals surface area contributed by atoms with Gasteiger partial charge in [0, 0.05) is 25.3 Å². The summed E-state index contributed by atoms with van der Waals surface area (Å²) in [5.41, 5.74) is 2.51. The van der Waals surface area contributed by atoms with E-state index in [9.17, 15) is 13.2 Å². The van der Waals surface area contributed by atoms with Gasteiger partial charge in [0.05, 0.1) is 17.3 Å². The summed E-state index contributed by atoms with van der Waals surface area (Å²) in [6.45, 7) is 2.54. The van der Waals surface area contributed by atoms with Gasteiger partial charge in [0.25, 0.3) is 5.91 Å². The Morgan fingerprint density at radius 2 is 2.00 bits per heavy atom. The van der Waals surface area contributed by atoms with Gasteiger partial charge in [-0.2, -0.15) is 0 Å². The summed E-state index contributed by atoms with van der Waals surface area (Å²) >= 11 is 0. The molecule has 7 heteroatoms. The van der Waals surface area contributed by atoms with Crippen molar-refractivity contribution in [1.29, 1.82) is 0 Å². The number of benzene rings is 2. The summed E-state index contributed by atoms with van der Waals surface area (Å²) < 4.78 is 29.8. The van der Waals surface area contributed by atoms with Crippen LogP contribution >= 0.6 is 0 Å². The predicted molar refractivity (Wildman–Crippen MR) is 102 cm³/mol. The molecule has 0 spiro atoms. The fourth-order valence-corrected chi connectivity index (χ4v) is 5.14. The van der Waals surface area contributed by atoms with Gasteiger partial charge in [-0.1, -0.05) is 36.4 Å². The van der Waals surface area contributed by atoms with Crippen molar-refractivity contribution in [3.63, 3.8) is 0 Å². The van der Waals surface area contributed by atoms with Gasteiger partial charge in [-0.25, -0.2) is 8.42 Å². The maximum absolute atomic E-state index is 12.6. The third kappa shape index (κ3) is 4.05. The van der Waals surface area contributed by atoms with Crippen LogP contribution < -0.4 is 5.32 Å². The summed E-state index contributed by atoms with van der Waals surface area (Å²) in [4.78, 5) is 15.1. The van der Waals surface area contributed by atoms with Crippen molar-refractivity contribution in [3.8, 4) is 0 Å². The molecule has 4 rings (SSSR count). The Bertz CT molecular complexity index is 944. The highest BCUT2D eigenvalue weighted by atomic mass is 32.2. The molecule has 0 bridgehead atoms. The van der Waals surface area contributed by atoms with Gasteiger partial charge >= 0.3 is 0 Å². The lowest BCUT2D eigenvalue weighted by Crippen LogP contribution is -2.47. The number of carbonyl (C=O) groups excluding carboxylic acids is 1. The number of rotatable bonds is 4. The van der Waals surface area contributed by atoms with Crippen molar-refractivity contribution in [2.24, 2.45) is 0 Å². The monoisotopic (exact) mass is 386 g/mol. The first-order chi connectivity index (χ1) is 13.0. The Hall–Kier alpha value is -2.22. The molecule has 2 aliphatic heterocycles. The van der Waals surface area contributed by atoms with E-state index in [4.69, 9.17) is 4.74 Å². The average molecular weight is 386 g/mol. The van der Waals surface area contributed by atoms with Crippen LogP contribution in [0.1, 0.15) is 11.1 Å². The maximum atomic E-state index is 12.6. The fraction of sp³-hybridized carbons (Fsp3) is 0.350. The van der Waals surface area contributed by atoms with Gasteiger partial charge in [0.2, 0.25) is 0 Å². The molecule has 1 fully saturated rings. The Kier molecular flexibility index (Phi) is 4.99. The number of hydrogen-bond acceptors (Lipinski definition) is 5. The highest BCUT2D eigenvalue weighted by Crippen LogP contribution is 2.28. The Balaban J connectivity index is 1.41. The molecule has 2 heterocycles. The zero-order valence-corrected chi connectivity index (χ0v) is 15.7. The molecule has 1 atom stereocenters. The van der Waals surface area contributed by atoms with Crippen LogP contribution in [0.4, 0.5) is 5.69 Å². The zero-order valence-electron chi connectivity index (χ0n) is 14.9. The number of nitrogens with one attached hydrogen (secondary N) is 1. The summed E-state index contributed by atoms with van der Waals surface area (Å²) in [5.74, 6) is -0.108. The molecule has 0 aromatic heterocycles. The smallest absolute Gasteiger partial charge is 0.254 e. The van der Waals surface area contributed by atoms with Gasteiger partial charge in [0.15, 0.2) is 9.84 Å². The number of amides is 1. The molecule has 2 aliphatic rings. The predicted octanol–water partition coefficient (Wildman–Crippen LogP) is 1.86. The molecule has 0 aliphatic carbocycles. The van der Waals surface area contributed by atoms with Crippen LogP contribution in [-0.4, -0.2) is 50.8 Å². The SMILES string of the molecule is O=C(Nc1ccc2c(c1)S(=O)(=O)CC2)C1CN(Cc2ccccc2)CCO1. The van der Waals surface area contributed by atoms with E-state index in [1.807, 2.05) is 18.2 Å². The summed E-state index contributed by atoms with van der Waals surface area (Å²) in [6, 6.07) is 15.2. The lowest BCUT2D eigenvalue weighted by molar-refractivity contribution is -0.133. The normalized spacial score (nSPS) is 21.6. The number of aryl methyl sites for hydroxylation is 1. The van der Waals surface area contributed by atoms with Crippen LogP contribution in [0.3, 0.4) is 0 Å². The molecule has 0 saturated carbocycles. The quantitative estimate of drug-likeness (QED) is 0.868. The molecular weight excluding hydrogens is 364 g/mol. The number of sulfone groups is 1. The number of morpholine rings is 1. The summed E-state index contributed by atoms with van der Waals surface area (Å²) in [7, 11) is -3.22. The van der Waals surface area contributed by atoms with Crippen molar-refractivity contribution < 1.29 is 17.9 Å². The molecule has 2 aromatic carbocycles. The van der Waals surface area contributed by atoms with E-state index in [-0.39, 0.29) is 11.7 Å². The number of anilines is 1. The molecule has 6 nitrogen and oxygen atoms in total. The van der Waals surface area contributed by atoms with Gasteiger partial charge < -0.3 is 10.1 Å². The third-order valence-electron chi connectivity index (χ3n) is 5.00. The minimum atomic E-state index is -3.22. The molecule has 1 saturated heterocycles. The van der Waals surface area contributed by atoms with E-state index in [0.29, 0.717) is 30.2 Å². The average Bonchev–Trinajstić information content (AvgIpc) is 2.97. The van der Waals surface area contributed by atoms with Crippen LogP contribution in [0.5, 0.6) is 0 Å². The Morgan fingerprint density at radius 1 is 1.19 bits per heavy atom. The standard InChI is InChI=1S/C20H22N2O4S/c23-20(21-17-7-6-16-8-11-27(24,25)19(16)12-17)18-14-22(9-10-26-18)13-15-4-2-1-3-5-15/h1-7,12,18H,8-11,13-14H2,(H,21,23). The highest BCUT2D eigenvalue weighted by Gasteiger charge is 2.29. The molecular formula is C20H22N2O4S. The molecule has 27 heavy (non-hydrogen) atoms. The molecule has 2 aromatic rings. The Morgan fingerprint density at radius 3 is 2.81 bits per heavy atom. The van der Waals surface area contributed by atoms with Crippen LogP contribution in [0.2, 0.25) is 0 Å². The lowest BCUT2D eigenvalue weighted by atomic mass is 10.1. The van der Waals surface area contributed by atoms with Crippen LogP contribution in [0.25, 0.3) is 0 Å². The minimum absolute atomic E-state index is 0.139. The van der Waals surface area contributed by atoms with E-state index >= 15 is 0 Å². The van der Waals surface area contributed by atoms with E-state index in [1.165, 1.54) is 5.56 Å². The second-order valence-electron chi connectivity index (χ2n) is 6.96. The van der Waals surface area contributed by atoms with Crippen LogP contribution in [-0.2, 0) is 32.3 Å². The van der Waals surface area contributed by atoms with Crippen molar-refractivity contribution in [2.45, 2.75) is 24.0 Å². The number of ether oxygens (including phenoxy) is 1. The van der Waals surface area contributed by atoms with Crippen molar-refractivity contribution in [1.82, 2.24) is 4.90 Å². The zero-order chi connectivity index (χ0) is 18.9. The number of carbonyl (C=O) groups is 1. The molecule has 1 unspecified atom stereocenters. The molecule has 1 amide bonds. The number of nitrogens with zero attached hydrogens (tertiary/aromatic N) is 1. The van der Waals surface area contributed by atoms with Crippen molar-refractivity contribution >= 4 is 21.4 Å². The third-order valence-corrected chi connectivity index (χ3v) is 6.79. The lowest BCUT2D eigenvalue weighted by Gasteiger charge is -2.32. The Labute approximate surface area is 159 Å². The van der Waals surface area contributed by atoms with Gasteiger partial charge in [-0.05, 0) is 29.7 Å². The van der Waals surface area contributed by atoms with Crippen LogP contribution in [0, 0.1) is 0 Å². The summed E-state index contributed by atoms with van der Waals surface area (Å²) in [6.07, 6.45) is -0.0427. The number of hydrogen-bond donors (Lipinski definition) is 1. The fourth-order valence-electron chi connectivity index (χ4n) is 3.55. The largest absolute Gasteiger partial charge is 0.366 e. The number of fused-ring (bicyclic) bond motifs is 1. The van der Waals surface area contributed by atoms with E-state index in [0.717, 1.165) is 18.7 Å². The van der Waals surface area contributed by atoms with Gasteiger partial charge in [-0.15, -0.1) is 0 Å². The van der Waals surface area contributed by atoms with E-state index in [2.05, 4.69) is 22.3 Å². The van der Waals surface area contributed by atoms with Crippen LogP contribution in [0.15, 0.2) is 53.4 Å². The van der Waals surface area contributed by atoms with Gasteiger partial charge in [-0.3, -0.25) is 9.69 Å². The minimum Gasteiger partial charge on any atom is -0.366 e. The highest BCUT2D eigenvalue weighted by molar-refractivity contribution is 7.91. The first-order valence-corrected chi connectivity index (χ1v) is 10.7. The summed E-state index contributed by atoms with van der Waals surface area (Å²) in [5, 5.41) is 2.81. The maximum Gasteiger partial charge on any atom is 0.254 e. The van der Waals surface area contributed by atoms with Gasteiger partial charge in [0.1, 0.15) is 6.10 Å². The second-order valence-corrected chi connectivity index (χ2v) is 9.04. The first-order valence-electron chi connectivity index (χ1n) is 9.06. The van der Waals surface area contributed by atoms with E-state index < -0.39 is 15.9 Å². The molecule has 142 valence electrons. The molecule has 0 radical (unpaired) electrons. The first kappa shape index (κ1) is 18.2. The molecule has 1 N–H and O–H groups in total. The van der Waals surface area contributed by atoms with Crippen molar-refractivity contribution in [2.75, 3.05) is 30.8 Å². The van der Waals surface area contributed by atoms with E-state index in [1.54, 1.807) is 18.2 Å².